The van der Waals surface area contributed by atoms with Crippen molar-refractivity contribution in [2.45, 2.75) is 20.3 Å². The van der Waals surface area contributed by atoms with Crippen LogP contribution in [0.25, 0.3) is 5.70 Å². The van der Waals surface area contributed by atoms with Gasteiger partial charge in [0.15, 0.2) is 0 Å². The first-order valence-electron chi connectivity index (χ1n) is 7.31. The maximum Gasteiger partial charge on any atom is 0.119 e. The summed E-state index contributed by atoms with van der Waals surface area (Å²) in [6.07, 6.45) is 1.04. The fourth-order valence-electron chi connectivity index (χ4n) is 2.98. The summed E-state index contributed by atoms with van der Waals surface area (Å²) < 4.78 is 5.31. The molecular weight excluding hydrogens is 258 g/mol. The molecule has 0 spiro atoms. The van der Waals surface area contributed by atoms with Crippen molar-refractivity contribution in [2.75, 3.05) is 18.6 Å². The molecule has 1 heterocycles. The van der Waals surface area contributed by atoms with Gasteiger partial charge in [-0.1, -0.05) is 24.3 Å². The average Bonchev–Trinajstić information content (AvgIpc) is 2.91. The second kappa shape index (κ2) is 5.28. The van der Waals surface area contributed by atoms with Gasteiger partial charge in [0, 0.05) is 23.5 Å². The fraction of sp³-hybridized carbons (Fsp3) is 0.263. The second-order valence-electron chi connectivity index (χ2n) is 5.66. The smallest absolute Gasteiger partial charge is 0.119 e. The Labute approximate surface area is 126 Å². The van der Waals surface area contributed by atoms with Gasteiger partial charge in [-0.3, -0.25) is 0 Å². The highest BCUT2D eigenvalue weighted by molar-refractivity contribution is 5.82. The summed E-state index contributed by atoms with van der Waals surface area (Å²) >= 11 is 0. The predicted molar refractivity (Wildman–Crippen MR) is 89.0 cm³/mol. The lowest BCUT2D eigenvalue weighted by atomic mass is 10.0. The molecule has 0 saturated heterocycles. The zero-order valence-corrected chi connectivity index (χ0v) is 12.9. The van der Waals surface area contributed by atoms with Crippen LogP contribution < -0.4 is 9.64 Å². The lowest BCUT2D eigenvalue weighted by molar-refractivity contribution is 0.414. The van der Waals surface area contributed by atoms with Gasteiger partial charge in [-0.15, -0.1) is 0 Å². The predicted octanol–water partition coefficient (Wildman–Crippen LogP) is 4.35. The summed E-state index contributed by atoms with van der Waals surface area (Å²) in [5.74, 6) is 0.924. The van der Waals surface area contributed by atoms with E-state index in [9.17, 15) is 0 Å². The number of benzene rings is 2. The van der Waals surface area contributed by atoms with Crippen LogP contribution in [0.5, 0.6) is 5.75 Å². The van der Waals surface area contributed by atoms with Crippen molar-refractivity contribution in [3.8, 4) is 5.75 Å². The normalized spacial score (nSPS) is 13.2. The third-order valence-electron chi connectivity index (χ3n) is 4.21. The molecule has 0 N–H and O–H groups in total. The van der Waals surface area contributed by atoms with E-state index in [4.69, 9.17) is 4.74 Å². The van der Waals surface area contributed by atoms with Crippen molar-refractivity contribution in [2.24, 2.45) is 0 Å². The quantitative estimate of drug-likeness (QED) is 0.828. The van der Waals surface area contributed by atoms with Crippen molar-refractivity contribution < 1.29 is 4.74 Å². The number of anilines is 1. The second-order valence-corrected chi connectivity index (χ2v) is 5.66. The van der Waals surface area contributed by atoms with Gasteiger partial charge in [-0.25, -0.2) is 0 Å². The number of fused-ring (bicyclic) bond motifs is 1. The number of ether oxygens (including phenoxy) is 1. The summed E-state index contributed by atoms with van der Waals surface area (Å²) in [7, 11) is 1.71. The van der Waals surface area contributed by atoms with Crippen LogP contribution >= 0.6 is 0 Å². The van der Waals surface area contributed by atoms with E-state index in [1.165, 1.54) is 27.9 Å². The van der Waals surface area contributed by atoms with Crippen molar-refractivity contribution in [1.82, 2.24) is 0 Å². The van der Waals surface area contributed by atoms with E-state index < -0.39 is 0 Å². The van der Waals surface area contributed by atoms with Crippen LogP contribution in [-0.2, 0) is 6.42 Å². The van der Waals surface area contributed by atoms with Gasteiger partial charge >= 0.3 is 0 Å². The molecule has 0 saturated carbocycles. The monoisotopic (exact) mass is 279 g/mol. The molecule has 2 aromatic rings. The fourth-order valence-corrected chi connectivity index (χ4v) is 2.98. The minimum Gasteiger partial charge on any atom is -0.497 e. The topological polar surface area (TPSA) is 12.5 Å². The van der Waals surface area contributed by atoms with E-state index in [0.717, 1.165) is 24.4 Å². The van der Waals surface area contributed by atoms with Crippen molar-refractivity contribution in [1.29, 1.82) is 0 Å². The van der Waals surface area contributed by atoms with Crippen molar-refractivity contribution in [3.05, 3.63) is 65.2 Å². The first-order valence-corrected chi connectivity index (χ1v) is 7.31. The summed E-state index contributed by atoms with van der Waals surface area (Å²) in [4.78, 5) is 2.32. The molecule has 0 fully saturated rings. The molecular formula is C19H21NO. The van der Waals surface area contributed by atoms with Crippen LogP contribution in [0.1, 0.15) is 22.3 Å². The van der Waals surface area contributed by atoms with Gasteiger partial charge in [0.1, 0.15) is 5.75 Å². The summed E-state index contributed by atoms with van der Waals surface area (Å²) in [6.45, 7) is 9.59. The molecule has 0 amide bonds. The molecule has 0 aliphatic carbocycles. The minimum atomic E-state index is 0.924. The molecule has 1 aliphatic rings. The lowest BCUT2D eigenvalue weighted by Gasteiger charge is -2.24. The van der Waals surface area contributed by atoms with Gasteiger partial charge in [0.2, 0.25) is 0 Å². The van der Waals surface area contributed by atoms with Crippen LogP contribution in [0, 0.1) is 13.8 Å². The average molecular weight is 279 g/mol. The van der Waals surface area contributed by atoms with Crippen LogP contribution in [0.2, 0.25) is 0 Å². The molecule has 0 atom stereocenters. The first kappa shape index (κ1) is 13.7. The third-order valence-corrected chi connectivity index (χ3v) is 4.21. The Kier molecular flexibility index (Phi) is 3.46. The van der Waals surface area contributed by atoms with Crippen LogP contribution in [-0.4, -0.2) is 13.7 Å². The molecule has 21 heavy (non-hydrogen) atoms. The van der Waals surface area contributed by atoms with Crippen LogP contribution in [0.3, 0.4) is 0 Å². The van der Waals surface area contributed by atoms with Crippen LogP contribution in [0.15, 0.2) is 43.0 Å². The van der Waals surface area contributed by atoms with Gasteiger partial charge in [-0.05, 0) is 55.7 Å². The maximum absolute atomic E-state index is 5.31. The van der Waals surface area contributed by atoms with E-state index in [1.54, 1.807) is 7.11 Å². The molecule has 0 aromatic heterocycles. The third kappa shape index (κ3) is 2.42. The Morgan fingerprint density at radius 1 is 1.14 bits per heavy atom. The molecule has 0 radical (unpaired) electrons. The number of nitrogens with zero attached hydrogens (tertiary/aromatic N) is 1. The number of aryl methyl sites for hydroxylation is 2. The van der Waals surface area contributed by atoms with Crippen molar-refractivity contribution in [3.63, 3.8) is 0 Å². The zero-order valence-electron chi connectivity index (χ0n) is 12.9. The number of rotatable bonds is 3. The molecule has 0 unspecified atom stereocenters. The van der Waals surface area contributed by atoms with E-state index in [0.29, 0.717) is 0 Å². The highest BCUT2D eigenvalue weighted by Gasteiger charge is 2.23. The summed E-state index contributed by atoms with van der Waals surface area (Å²) in [5.41, 5.74) is 7.44. The van der Waals surface area contributed by atoms with Gasteiger partial charge < -0.3 is 9.64 Å². The summed E-state index contributed by atoms with van der Waals surface area (Å²) in [5, 5.41) is 0. The SMILES string of the molecule is C=C(c1cc(C)ccc1C)N1CCc2cc(OC)ccc21. The highest BCUT2D eigenvalue weighted by atomic mass is 16.5. The van der Waals surface area contributed by atoms with E-state index in [1.807, 2.05) is 6.07 Å². The standard InChI is InChI=1S/C19H21NO/c1-13-5-6-14(2)18(11-13)15(3)20-10-9-16-12-17(21-4)7-8-19(16)20/h5-8,11-12H,3,9-10H2,1-2,4H3. The van der Waals surface area contributed by atoms with Gasteiger partial charge in [0.05, 0.1) is 7.11 Å². The van der Waals surface area contributed by atoms with Gasteiger partial charge in [0.25, 0.3) is 0 Å². The van der Waals surface area contributed by atoms with Crippen LogP contribution in [0.4, 0.5) is 5.69 Å². The number of hydrogen-bond acceptors (Lipinski definition) is 2. The van der Waals surface area contributed by atoms with E-state index in [-0.39, 0.29) is 0 Å². The molecule has 1 aliphatic heterocycles. The molecule has 2 nitrogen and oxygen atoms in total. The highest BCUT2D eigenvalue weighted by Crippen LogP contribution is 2.36. The molecule has 3 rings (SSSR count). The molecule has 2 heteroatoms. The molecule has 0 bridgehead atoms. The first-order chi connectivity index (χ1) is 10.1. The van der Waals surface area contributed by atoms with E-state index >= 15 is 0 Å². The Morgan fingerprint density at radius 2 is 1.95 bits per heavy atom. The zero-order chi connectivity index (χ0) is 15.0. The van der Waals surface area contributed by atoms with E-state index in [2.05, 4.69) is 55.7 Å². The number of methoxy groups -OCH3 is 1. The Morgan fingerprint density at radius 3 is 2.71 bits per heavy atom. The van der Waals surface area contributed by atoms with Crippen molar-refractivity contribution >= 4 is 11.4 Å². The lowest BCUT2D eigenvalue weighted by Crippen LogP contribution is -2.18. The minimum absolute atomic E-state index is 0.924. The largest absolute Gasteiger partial charge is 0.497 e. The Balaban J connectivity index is 1.97. The summed E-state index contributed by atoms with van der Waals surface area (Å²) in [6, 6.07) is 12.8. The molecule has 108 valence electrons. The molecule has 2 aromatic carbocycles. The maximum atomic E-state index is 5.31. The number of hydrogen-bond donors (Lipinski definition) is 0. The Hall–Kier alpha value is -2.22. The Bertz CT molecular complexity index is 703. The van der Waals surface area contributed by atoms with Gasteiger partial charge in [-0.2, -0.15) is 0 Å².